The van der Waals surface area contributed by atoms with Gasteiger partial charge in [-0.05, 0) is 0 Å². The average molecular weight is 162 g/mol. The molecule has 0 aromatic heterocycles. The van der Waals surface area contributed by atoms with E-state index >= 15 is 0 Å². The fourth-order valence-corrected chi connectivity index (χ4v) is 0.123. The Hall–Kier alpha value is -1.36. The first-order valence-corrected chi connectivity index (χ1v) is 2.60. The summed E-state index contributed by atoms with van der Waals surface area (Å²) in [6.07, 6.45) is 0.833. The number of carboxylic acid groups (broad SMARTS) is 2. The van der Waals surface area contributed by atoms with Crippen molar-refractivity contribution in [3.8, 4) is 0 Å². The normalized spacial score (nSPS) is 7.36. The lowest BCUT2D eigenvalue weighted by Crippen LogP contribution is -2.02. The third-order valence-corrected chi connectivity index (χ3v) is 0.442. The van der Waals surface area contributed by atoms with Crippen molar-refractivity contribution < 1.29 is 24.5 Å². The predicted molar refractivity (Wildman–Crippen MR) is 37.3 cm³/mol. The van der Waals surface area contributed by atoms with Gasteiger partial charge in [-0.15, -0.1) is 0 Å². The minimum Gasteiger partial charge on any atom is -0.480 e. The topological polar surface area (TPSA) is 83.8 Å². The molecule has 0 saturated heterocycles. The monoisotopic (exact) mass is 162 g/mol. The summed E-state index contributed by atoms with van der Waals surface area (Å²) in [6, 6.07) is 0. The molecule has 0 atom stereocenters. The third-order valence-electron chi connectivity index (χ3n) is 0.442. The first-order valence-electron chi connectivity index (χ1n) is 2.60. The van der Waals surface area contributed by atoms with Crippen LogP contribution in [0, 0.1) is 0 Å². The molecule has 0 fully saturated rings. The van der Waals surface area contributed by atoms with Gasteiger partial charge in [0.1, 0.15) is 6.61 Å². The van der Waals surface area contributed by atoms with Gasteiger partial charge in [0.2, 0.25) is 0 Å². The molecular weight excluding hydrogens is 152 g/mol. The van der Waals surface area contributed by atoms with E-state index in [-0.39, 0.29) is 6.61 Å². The molecule has 0 rings (SSSR count). The molecule has 0 spiro atoms. The van der Waals surface area contributed by atoms with Gasteiger partial charge in [-0.2, -0.15) is 0 Å². The van der Waals surface area contributed by atoms with Gasteiger partial charge < -0.3 is 14.9 Å². The lowest BCUT2D eigenvalue weighted by molar-refractivity contribution is -0.141. The highest BCUT2D eigenvalue weighted by Crippen LogP contribution is 1.61. The summed E-state index contributed by atoms with van der Waals surface area (Å²) in [6.45, 7) is 2.75. The Morgan fingerprint density at radius 3 is 1.91 bits per heavy atom. The minimum atomic E-state index is -0.981. The fraction of sp³-hybridized carbons (Fsp3) is 0.333. The van der Waals surface area contributed by atoms with E-state index in [0.29, 0.717) is 0 Å². The molecule has 5 heteroatoms. The Balaban J connectivity index is 0. The number of carbonyl (C=O) groups is 2. The van der Waals surface area contributed by atoms with Gasteiger partial charge >= 0.3 is 11.9 Å². The van der Waals surface area contributed by atoms with Crippen molar-refractivity contribution in [2.45, 2.75) is 0 Å². The smallest absolute Gasteiger partial charge is 0.329 e. The van der Waals surface area contributed by atoms with Crippen LogP contribution in [0.15, 0.2) is 12.7 Å². The van der Waals surface area contributed by atoms with Crippen molar-refractivity contribution in [3.05, 3.63) is 12.7 Å². The highest BCUT2D eigenvalue weighted by molar-refractivity contribution is 5.78. The molecule has 0 radical (unpaired) electrons. The second-order valence-electron chi connectivity index (χ2n) is 1.37. The maximum Gasteiger partial charge on any atom is 0.329 e. The molecule has 0 bridgehead atoms. The van der Waals surface area contributed by atoms with E-state index in [1.807, 2.05) is 0 Å². The van der Waals surface area contributed by atoms with Gasteiger partial charge in [-0.3, -0.25) is 0 Å². The lowest BCUT2D eigenvalue weighted by atomic mass is 10.7. The van der Waals surface area contributed by atoms with Crippen molar-refractivity contribution in [2.75, 3.05) is 13.7 Å². The second-order valence-corrected chi connectivity index (χ2v) is 1.37. The molecule has 0 aromatic carbocycles. The molecule has 0 heterocycles. The Morgan fingerprint density at radius 1 is 1.55 bits per heavy atom. The number of hydrogen-bond acceptors (Lipinski definition) is 3. The molecule has 11 heavy (non-hydrogen) atoms. The molecule has 0 aliphatic carbocycles. The second kappa shape index (κ2) is 8.64. The zero-order chi connectivity index (χ0) is 9.28. The summed E-state index contributed by atoms with van der Waals surface area (Å²) in [4.78, 5) is 18.7. The zero-order valence-corrected chi connectivity index (χ0v) is 6.11. The van der Waals surface area contributed by atoms with Crippen LogP contribution in [-0.4, -0.2) is 35.9 Å². The van der Waals surface area contributed by atoms with E-state index in [4.69, 9.17) is 10.2 Å². The Morgan fingerprint density at radius 2 is 1.91 bits per heavy atom. The average Bonchev–Trinajstić information content (AvgIpc) is 1.89. The van der Waals surface area contributed by atoms with Crippen LogP contribution < -0.4 is 0 Å². The van der Waals surface area contributed by atoms with Gasteiger partial charge in [0, 0.05) is 13.2 Å². The summed E-state index contributed by atoms with van der Waals surface area (Å²) in [7, 11) is 1.34. The van der Waals surface area contributed by atoms with E-state index in [0.717, 1.165) is 6.08 Å². The Bertz CT molecular complexity index is 140. The number of hydrogen-bond donors (Lipinski definition) is 2. The lowest BCUT2D eigenvalue weighted by Gasteiger charge is -1.83. The maximum absolute atomic E-state index is 9.47. The summed E-state index contributed by atoms with van der Waals surface area (Å²) in [5.74, 6) is -1.91. The molecule has 0 aliphatic rings. The van der Waals surface area contributed by atoms with Crippen LogP contribution in [0.2, 0.25) is 0 Å². The zero-order valence-electron chi connectivity index (χ0n) is 6.11. The van der Waals surface area contributed by atoms with Gasteiger partial charge in [-0.25, -0.2) is 9.59 Å². The minimum absolute atomic E-state index is 0.208. The quantitative estimate of drug-likeness (QED) is 0.569. The van der Waals surface area contributed by atoms with E-state index in [1.165, 1.54) is 7.11 Å². The number of carboxylic acids is 2. The van der Waals surface area contributed by atoms with Crippen LogP contribution in [0.5, 0.6) is 0 Å². The number of ether oxygens (including phenoxy) is 1. The van der Waals surface area contributed by atoms with Crippen LogP contribution in [-0.2, 0) is 14.3 Å². The molecule has 0 aromatic rings. The van der Waals surface area contributed by atoms with E-state index in [2.05, 4.69) is 11.3 Å². The fourth-order valence-electron chi connectivity index (χ4n) is 0.123. The summed E-state index contributed by atoms with van der Waals surface area (Å²) < 4.78 is 4.20. The third kappa shape index (κ3) is 28.8. The highest BCUT2D eigenvalue weighted by Gasteiger charge is 1.87. The first kappa shape index (κ1) is 12.3. The van der Waals surface area contributed by atoms with Gasteiger partial charge in [0.25, 0.3) is 0 Å². The molecule has 64 valence electrons. The standard InChI is InChI=1S/C3H6O3.C3H4O2/c1-6-2-3(4)5;1-2-3(4)5/h2H2,1H3,(H,4,5);2H,1H2,(H,4,5). The number of rotatable bonds is 3. The van der Waals surface area contributed by atoms with Crippen LogP contribution in [0.1, 0.15) is 0 Å². The summed E-state index contributed by atoms with van der Waals surface area (Å²) in [5.41, 5.74) is 0. The van der Waals surface area contributed by atoms with E-state index in [9.17, 15) is 9.59 Å². The van der Waals surface area contributed by atoms with Crippen LogP contribution in [0.25, 0.3) is 0 Å². The van der Waals surface area contributed by atoms with Crippen LogP contribution in [0.3, 0.4) is 0 Å². The molecule has 2 N–H and O–H groups in total. The van der Waals surface area contributed by atoms with Crippen molar-refractivity contribution >= 4 is 11.9 Å². The van der Waals surface area contributed by atoms with Crippen LogP contribution in [0.4, 0.5) is 0 Å². The largest absolute Gasteiger partial charge is 0.480 e. The van der Waals surface area contributed by atoms with Crippen molar-refractivity contribution in [2.24, 2.45) is 0 Å². The number of methoxy groups -OCH3 is 1. The molecule has 0 unspecified atom stereocenters. The molecule has 5 nitrogen and oxygen atoms in total. The molecular formula is C6H10O5. The molecule has 0 aliphatic heterocycles. The van der Waals surface area contributed by atoms with Gasteiger partial charge in [0.15, 0.2) is 0 Å². The molecule has 0 saturated carbocycles. The first-order chi connectivity index (χ1) is 5.04. The summed E-state index contributed by atoms with van der Waals surface area (Å²) >= 11 is 0. The van der Waals surface area contributed by atoms with E-state index < -0.39 is 11.9 Å². The van der Waals surface area contributed by atoms with E-state index in [1.54, 1.807) is 0 Å². The summed E-state index contributed by atoms with van der Waals surface area (Å²) in [5, 5.41) is 15.4. The predicted octanol–water partition coefficient (Wildman–Crippen LogP) is -0.0256. The SMILES string of the molecule is C=CC(=O)O.COCC(=O)O. The maximum atomic E-state index is 9.47. The van der Waals surface area contributed by atoms with Crippen molar-refractivity contribution in [1.29, 1.82) is 0 Å². The van der Waals surface area contributed by atoms with Crippen molar-refractivity contribution in [1.82, 2.24) is 0 Å². The van der Waals surface area contributed by atoms with Gasteiger partial charge in [0.05, 0.1) is 0 Å². The highest BCUT2D eigenvalue weighted by atomic mass is 16.5. The Labute approximate surface area is 63.9 Å². The Kier molecular flexibility index (Phi) is 9.68. The van der Waals surface area contributed by atoms with Gasteiger partial charge in [-0.1, -0.05) is 6.58 Å². The van der Waals surface area contributed by atoms with Crippen molar-refractivity contribution in [3.63, 3.8) is 0 Å². The number of aliphatic carboxylic acids is 2. The molecule has 0 amide bonds. The van der Waals surface area contributed by atoms with Crippen LogP contribution >= 0.6 is 0 Å².